The number of carbonyl (C=O) groups excluding carboxylic acids is 1. The molecule has 2 aliphatic rings. The van der Waals surface area contributed by atoms with Crippen molar-refractivity contribution in [3.63, 3.8) is 0 Å². The van der Waals surface area contributed by atoms with E-state index in [-0.39, 0.29) is 12.7 Å². The van der Waals surface area contributed by atoms with Gasteiger partial charge in [-0.1, -0.05) is 6.92 Å². The van der Waals surface area contributed by atoms with Gasteiger partial charge in [0.2, 0.25) is 6.79 Å². The molecule has 0 atom stereocenters. The predicted octanol–water partition coefficient (Wildman–Crippen LogP) is 2.32. The minimum absolute atomic E-state index is 0.0222. The van der Waals surface area contributed by atoms with E-state index in [0.717, 1.165) is 54.8 Å². The summed E-state index contributed by atoms with van der Waals surface area (Å²) in [5, 5.41) is 2.66. The number of carbonyl (C=O) groups is 1. The van der Waals surface area contributed by atoms with Crippen molar-refractivity contribution in [1.29, 1.82) is 0 Å². The van der Waals surface area contributed by atoms with Crippen molar-refractivity contribution in [2.45, 2.75) is 6.92 Å². The van der Waals surface area contributed by atoms with E-state index < -0.39 is 0 Å². The smallest absolute Gasteiger partial charge is 0.273 e. The maximum Gasteiger partial charge on any atom is 0.273 e. The summed E-state index contributed by atoms with van der Waals surface area (Å²) in [4.78, 5) is 21.4. The minimum Gasteiger partial charge on any atom is -0.454 e. The molecule has 1 fully saturated rings. The van der Waals surface area contributed by atoms with Crippen LogP contribution >= 0.6 is 11.3 Å². The number of rotatable bonds is 3. The van der Waals surface area contributed by atoms with Crippen molar-refractivity contribution < 1.29 is 14.3 Å². The van der Waals surface area contributed by atoms with E-state index in [1.54, 1.807) is 0 Å². The van der Waals surface area contributed by atoms with Gasteiger partial charge in [-0.05, 0) is 24.7 Å². The third-order valence-corrected chi connectivity index (χ3v) is 5.34. The van der Waals surface area contributed by atoms with Crippen LogP contribution in [0.25, 0.3) is 10.6 Å². The molecule has 3 heterocycles. The summed E-state index contributed by atoms with van der Waals surface area (Å²) in [6.07, 6.45) is 0. The fourth-order valence-electron chi connectivity index (χ4n) is 2.96. The summed E-state index contributed by atoms with van der Waals surface area (Å²) in [5.74, 6) is 1.50. The van der Waals surface area contributed by atoms with Crippen LogP contribution in [0.4, 0.5) is 0 Å². The summed E-state index contributed by atoms with van der Waals surface area (Å²) in [7, 11) is 0. The summed E-state index contributed by atoms with van der Waals surface area (Å²) in [6.45, 7) is 6.84. The second kappa shape index (κ2) is 6.41. The van der Waals surface area contributed by atoms with E-state index >= 15 is 0 Å². The summed E-state index contributed by atoms with van der Waals surface area (Å²) >= 11 is 1.48. The van der Waals surface area contributed by atoms with Gasteiger partial charge in [-0.15, -0.1) is 11.3 Å². The van der Waals surface area contributed by atoms with Crippen molar-refractivity contribution in [2.24, 2.45) is 0 Å². The Kier molecular flexibility index (Phi) is 4.12. The van der Waals surface area contributed by atoms with Gasteiger partial charge in [-0.2, -0.15) is 0 Å². The molecule has 0 unspecified atom stereocenters. The third-order valence-electron chi connectivity index (χ3n) is 4.45. The highest BCUT2D eigenvalue weighted by molar-refractivity contribution is 7.13. The molecule has 0 saturated carbocycles. The lowest BCUT2D eigenvalue weighted by Crippen LogP contribution is -2.48. The molecule has 1 aromatic heterocycles. The fourth-order valence-corrected chi connectivity index (χ4v) is 3.75. The zero-order valence-corrected chi connectivity index (χ0v) is 14.3. The molecule has 0 spiro atoms. The first-order valence-electron chi connectivity index (χ1n) is 8.12. The molecular formula is C17H19N3O3S. The van der Waals surface area contributed by atoms with E-state index in [1.807, 2.05) is 28.5 Å². The molecule has 1 amide bonds. The van der Waals surface area contributed by atoms with Crippen LogP contribution in [0.3, 0.4) is 0 Å². The van der Waals surface area contributed by atoms with Crippen molar-refractivity contribution in [2.75, 3.05) is 39.5 Å². The molecule has 6 nitrogen and oxygen atoms in total. The summed E-state index contributed by atoms with van der Waals surface area (Å²) in [6, 6.07) is 5.74. The van der Waals surface area contributed by atoms with Crippen LogP contribution in [0, 0.1) is 0 Å². The first kappa shape index (κ1) is 15.4. The highest BCUT2D eigenvalue weighted by Crippen LogP contribution is 2.36. The molecule has 0 radical (unpaired) electrons. The molecule has 4 rings (SSSR count). The number of hydrogen-bond donors (Lipinski definition) is 0. The zero-order chi connectivity index (χ0) is 16.5. The van der Waals surface area contributed by atoms with Gasteiger partial charge < -0.3 is 19.3 Å². The number of ether oxygens (including phenoxy) is 2. The number of likely N-dealkylation sites (N-methyl/N-ethyl adjacent to an activating group) is 1. The monoisotopic (exact) mass is 345 g/mol. The Bertz CT molecular complexity index is 753. The molecule has 1 aromatic carbocycles. The summed E-state index contributed by atoms with van der Waals surface area (Å²) < 4.78 is 10.7. The standard InChI is InChI=1S/C17H19N3O3S/c1-2-19-5-7-20(8-6-19)17(21)13-10-24-16(18-13)12-3-4-14-15(9-12)23-11-22-14/h3-4,9-10H,2,5-8,11H2,1H3. The van der Waals surface area contributed by atoms with Gasteiger partial charge in [0.15, 0.2) is 11.5 Å². The highest BCUT2D eigenvalue weighted by Gasteiger charge is 2.23. The first-order valence-corrected chi connectivity index (χ1v) is 8.99. The van der Waals surface area contributed by atoms with E-state index in [4.69, 9.17) is 9.47 Å². The Morgan fingerprint density at radius 1 is 1.21 bits per heavy atom. The first-order chi connectivity index (χ1) is 11.7. The molecule has 1 saturated heterocycles. The van der Waals surface area contributed by atoms with Crippen molar-refractivity contribution in [3.05, 3.63) is 29.3 Å². The Balaban J connectivity index is 1.49. The van der Waals surface area contributed by atoms with Gasteiger partial charge >= 0.3 is 0 Å². The topological polar surface area (TPSA) is 54.9 Å². The molecule has 0 bridgehead atoms. The van der Waals surface area contributed by atoms with E-state index in [1.165, 1.54) is 11.3 Å². The second-order valence-electron chi connectivity index (χ2n) is 5.83. The third kappa shape index (κ3) is 2.85. The Morgan fingerprint density at radius 3 is 2.79 bits per heavy atom. The molecule has 126 valence electrons. The molecule has 7 heteroatoms. The van der Waals surface area contributed by atoms with E-state index in [0.29, 0.717) is 5.69 Å². The maximum atomic E-state index is 12.6. The molecule has 0 aliphatic carbocycles. The van der Waals surface area contributed by atoms with Crippen LogP contribution < -0.4 is 9.47 Å². The van der Waals surface area contributed by atoms with Gasteiger partial charge in [-0.25, -0.2) is 4.98 Å². The quantitative estimate of drug-likeness (QED) is 0.854. The maximum absolute atomic E-state index is 12.6. The lowest BCUT2D eigenvalue weighted by Gasteiger charge is -2.33. The largest absolute Gasteiger partial charge is 0.454 e. The number of benzene rings is 1. The SMILES string of the molecule is CCN1CCN(C(=O)c2csc(-c3ccc4c(c3)OCO4)n2)CC1. The van der Waals surface area contributed by atoms with E-state index in [2.05, 4.69) is 16.8 Å². The normalized spacial score (nSPS) is 17.3. The average molecular weight is 345 g/mol. The minimum atomic E-state index is 0.0222. The van der Waals surface area contributed by atoms with Gasteiger partial charge in [0.1, 0.15) is 10.7 Å². The highest BCUT2D eigenvalue weighted by atomic mass is 32.1. The molecule has 2 aliphatic heterocycles. The number of piperazine rings is 1. The zero-order valence-electron chi connectivity index (χ0n) is 13.5. The Labute approximate surface area is 144 Å². The Hall–Kier alpha value is -2.12. The number of aromatic nitrogens is 1. The van der Waals surface area contributed by atoms with Crippen LogP contribution in [0.2, 0.25) is 0 Å². The number of hydrogen-bond acceptors (Lipinski definition) is 6. The second-order valence-corrected chi connectivity index (χ2v) is 6.69. The van der Waals surface area contributed by atoms with Crippen LogP contribution in [-0.4, -0.2) is 60.2 Å². The predicted molar refractivity (Wildman–Crippen MR) is 91.7 cm³/mol. The molecule has 24 heavy (non-hydrogen) atoms. The molecule has 2 aromatic rings. The lowest BCUT2D eigenvalue weighted by atomic mass is 10.2. The summed E-state index contributed by atoms with van der Waals surface area (Å²) in [5.41, 5.74) is 1.47. The lowest BCUT2D eigenvalue weighted by molar-refractivity contribution is 0.0638. The number of nitrogens with zero attached hydrogens (tertiary/aromatic N) is 3. The molecule has 0 N–H and O–H groups in total. The Morgan fingerprint density at radius 2 is 2.00 bits per heavy atom. The number of thiazole rings is 1. The van der Waals surface area contributed by atoms with Gasteiger partial charge in [0, 0.05) is 37.1 Å². The number of amides is 1. The van der Waals surface area contributed by atoms with Crippen LogP contribution in [0.5, 0.6) is 11.5 Å². The van der Waals surface area contributed by atoms with Crippen molar-refractivity contribution in [1.82, 2.24) is 14.8 Å². The van der Waals surface area contributed by atoms with Crippen LogP contribution in [-0.2, 0) is 0 Å². The van der Waals surface area contributed by atoms with Crippen LogP contribution in [0.1, 0.15) is 17.4 Å². The number of fused-ring (bicyclic) bond motifs is 1. The van der Waals surface area contributed by atoms with Gasteiger partial charge in [-0.3, -0.25) is 4.79 Å². The van der Waals surface area contributed by atoms with E-state index in [9.17, 15) is 4.79 Å². The average Bonchev–Trinajstić information content (AvgIpc) is 3.29. The van der Waals surface area contributed by atoms with Crippen molar-refractivity contribution >= 4 is 17.2 Å². The van der Waals surface area contributed by atoms with Crippen LogP contribution in [0.15, 0.2) is 23.6 Å². The van der Waals surface area contributed by atoms with Crippen molar-refractivity contribution in [3.8, 4) is 22.1 Å². The molecular weight excluding hydrogens is 326 g/mol. The van der Waals surface area contributed by atoms with Gasteiger partial charge in [0.05, 0.1) is 0 Å². The van der Waals surface area contributed by atoms with Gasteiger partial charge in [0.25, 0.3) is 5.91 Å². The fraction of sp³-hybridized carbons (Fsp3) is 0.412.